The molecule has 0 bridgehead atoms. The summed E-state index contributed by atoms with van der Waals surface area (Å²) in [5, 5.41) is 9.70. The lowest BCUT2D eigenvalue weighted by Crippen LogP contribution is -2.27. The van der Waals surface area contributed by atoms with Crippen LogP contribution in [0.4, 0.5) is 10.1 Å². The fourth-order valence-electron chi connectivity index (χ4n) is 2.15. The van der Waals surface area contributed by atoms with E-state index in [-0.39, 0.29) is 11.3 Å². The number of phenols is 1. The monoisotopic (exact) mass is 273 g/mol. The van der Waals surface area contributed by atoms with Crippen molar-refractivity contribution in [3.63, 3.8) is 0 Å². The number of rotatable bonds is 2. The maximum Gasteiger partial charge on any atom is 0.261 e. The summed E-state index contributed by atoms with van der Waals surface area (Å²) in [6.45, 7) is 3.87. The number of carbonyl (C=O) groups is 1. The molecule has 4 heteroatoms. The Balaban J connectivity index is 2.40. The Labute approximate surface area is 117 Å². The van der Waals surface area contributed by atoms with Crippen LogP contribution in [0.2, 0.25) is 0 Å². The maximum atomic E-state index is 13.2. The maximum absolute atomic E-state index is 13.2. The summed E-state index contributed by atoms with van der Waals surface area (Å²) in [5.41, 5.74) is 2.72. The largest absolute Gasteiger partial charge is 0.507 e. The van der Waals surface area contributed by atoms with E-state index in [0.717, 1.165) is 28.9 Å². The first kappa shape index (κ1) is 14.1. The number of hydrogen-bond acceptors (Lipinski definition) is 2. The van der Waals surface area contributed by atoms with E-state index in [1.54, 1.807) is 7.05 Å². The molecule has 0 saturated carbocycles. The predicted molar refractivity (Wildman–Crippen MR) is 76.7 cm³/mol. The summed E-state index contributed by atoms with van der Waals surface area (Å²) < 4.78 is 13.2. The van der Waals surface area contributed by atoms with Crippen molar-refractivity contribution in [2.75, 3.05) is 11.9 Å². The molecule has 0 aliphatic rings. The fraction of sp³-hybridized carbons (Fsp3) is 0.188. The molecule has 0 aliphatic heterocycles. The predicted octanol–water partition coefficient (Wildman–Crippen LogP) is 3.42. The molecule has 0 fully saturated rings. The third-order valence-electron chi connectivity index (χ3n) is 3.21. The van der Waals surface area contributed by atoms with Gasteiger partial charge >= 0.3 is 0 Å². The van der Waals surface area contributed by atoms with E-state index in [1.165, 1.54) is 11.0 Å². The molecule has 0 aromatic heterocycles. The molecule has 2 rings (SSSR count). The van der Waals surface area contributed by atoms with Crippen molar-refractivity contribution in [2.24, 2.45) is 0 Å². The van der Waals surface area contributed by atoms with Crippen LogP contribution in [0.1, 0.15) is 21.5 Å². The summed E-state index contributed by atoms with van der Waals surface area (Å²) in [5.74, 6) is -1.23. The second-order valence-electron chi connectivity index (χ2n) is 4.82. The van der Waals surface area contributed by atoms with E-state index < -0.39 is 11.7 Å². The number of hydrogen-bond donors (Lipinski definition) is 1. The third kappa shape index (κ3) is 2.64. The molecule has 0 spiro atoms. The first-order valence-corrected chi connectivity index (χ1v) is 6.24. The highest BCUT2D eigenvalue weighted by atomic mass is 19.1. The highest BCUT2D eigenvalue weighted by molar-refractivity contribution is 6.07. The Kier molecular flexibility index (Phi) is 3.74. The molecular formula is C16H16FNO2. The molecule has 0 radical (unpaired) electrons. The van der Waals surface area contributed by atoms with Gasteiger partial charge in [0.25, 0.3) is 5.91 Å². The molecule has 0 heterocycles. The van der Waals surface area contributed by atoms with E-state index in [1.807, 2.05) is 32.0 Å². The molecule has 0 saturated heterocycles. The van der Waals surface area contributed by atoms with Gasteiger partial charge in [-0.1, -0.05) is 17.7 Å². The minimum Gasteiger partial charge on any atom is -0.507 e. The molecule has 3 nitrogen and oxygen atoms in total. The third-order valence-corrected chi connectivity index (χ3v) is 3.21. The van der Waals surface area contributed by atoms with Crippen molar-refractivity contribution in [3.8, 4) is 5.75 Å². The average molecular weight is 273 g/mol. The van der Waals surface area contributed by atoms with E-state index in [2.05, 4.69) is 0 Å². The minimum absolute atomic E-state index is 0.0486. The van der Waals surface area contributed by atoms with Gasteiger partial charge in [0, 0.05) is 12.7 Å². The van der Waals surface area contributed by atoms with Crippen molar-refractivity contribution in [1.29, 1.82) is 0 Å². The Hall–Kier alpha value is -2.36. The Morgan fingerprint density at radius 1 is 1.15 bits per heavy atom. The van der Waals surface area contributed by atoms with Crippen molar-refractivity contribution < 1.29 is 14.3 Å². The molecule has 20 heavy (non-hydrogen) atoms. The summed E-state index contributed by atoms with van der Waals surface area (Å²) >= 11 is 0. The van der Waals surface area contributed by atoms with Crippen LogP contribution in [0.25, 0.3) is 0 Å². The lowest BCUT2D eigenvalue weighted by Gasteiger charge is -2.20. The van der Waals surface area contributed by atoms with Crippen LogP contribution in [0.5, 0.6) is 5.75 Å². The second-order valence-corrected chi connectivity index (χ2v) is 4.82. The second kappa shape index (κ2) is 5.33. The lowest BCUT2D eigenvalue weighted by atomic mass is 10.1. The van der Waals surface area contributed by atoms with Crippen LogP contribution in [0, 0.1) is 19.7 Å². The van der Waals surface area contributed by atoms with Gasteiger partial charge in [-0.15, -0.1) is 0 Å². The van der Waals surface area contributed by atoms with E-state index >= 15 is 0 Å². The van der Waals surface area contributed by atoms with Crippen molar-refractivity contribution in [3.05, 3.63) is 58.9 Å². The molecule has 1 N–H and O–H groups in total. The number of aromatic hydroxyl groups is 1. The molecule has 104 valence electrons. The first-order valence-electron chi connectivity index (χ1n) is 6.24. The van der Waals surface area contributed by atoms with Crippen molar-refractivity contribution >= 4 is 11.6 Å². The van der Waals surface area contributed by atoms with Crippen LogP contribution in [0.3, 0.4) is 0 Å². The van der Waals surface area contributed by atoms with Gasteiger partial charge in [-0.3, -0.25) is 4.79 Å². The van der Waals surface area contributed by atoms with Gasteiger partial charge in [0.2, 0.25) is 0 Å². The number of halogens is 1. The number of carbonyl (C=O) groups excluding carboxylic acids is 1. The molecule has 0 atom stereocenters. The summed E-state index contributed by atoms with van der Waals surface area (Å²) in [4.78, 5) is 13.8. The van der Waals surface area contributed by atoms with Crippen LogP contribution in [-0.2, 0) is 0 Å². The number of amides is 1. The first-order chi connectivity index (χ1) is 9.40. The van der Waals surface area contributed by atoms with E-state index in [4.69, 9.17) is 0 Å². The van der Waals surface area contributed by atoms with Gasteiger partial charge in [0.15, 0.2) is 0 Å². The summed E-state index contributed by atoms with van der Waals surface area (Å²) in [6, 6.07) is 9.03. The van der Waals surface area contributed by atoms with Gasteiger partial charge in [-0.05, 0) is 43.7 Å². The normalized spacial score (nSPS) is 10.4. The average Bonchev–Trinajstić information content (AvgIpc) is 2.40. The summed E-state index contributed by atoms with van der Waals surface area (Å²) in [7, 11) is 1.60. The quantitative estimate of drug-likeness (QED) is 0.910. The minimum atomic E-state index is -0.555. The molecule has 0 unspecified atom stereocenters. The molecule has 0 aliphatic carbocycles. The van der Waals surface area contributed by atoms with E-state index in [0.29, 0.717) is 0 Å². The Morgan fingerprint density at radius 2 is 1.85 bits per heavy atom. The standard InChI is InChI=1S/C16H16FNO2/c1-10-4-6-14(11(2)8-10)18(3)16(20)13-9-12(17)5-7-15(13)19/h4-9,19H,1-3H3. The highest BCUT2D eigenvalue weighted by Gasteiger charge is 2.19. The van der Waals surface area contributed by atoms with Crippen molar-refractivity contribution in [1.82, 2.24) is 0 Å². The molecular weight excluding hydrogens is 257 g/mol. The summed E-state index contributed by atoms with van der Waals surface area (Å²) in [6.07, 6.45) is 0. The topological polar surface area (TPSA) is 40.5 Å². The van der Waals surface area contributed by atoms with Crippen LogP contribution < -0.4 is 4.90 Å². The lowest BCUT2D eigenvalue weighted by molar-refractivity contribution is 0.0990. The van der Waals surface area contributed by atoms with Gasteiger partial charge in [-0.2, -0.15) is 0 Å². The SMILES string of the molecule is Cc1ccc(N(C)C(=O)c2cc(F)ccc2O)c(C)c1. The van der Waals surface area contributed by atoms with Gasteiger partial charge in [-0.25, -0.2) is 4.39 Å². The van der Waals surface area contributed by atoms with Gasteiger partial charge in [0.1, 0.15) is 11.6 Å². The van der Waals surface area contributed by atoms with Gasteiger partial charge < -0.3 is 10.0 Å². The number of benzene rings is 2. The molecule has 2 aromatic rings. The highest BCUT2D eigenvalue weighted by Crippen LogP contribution is 2.25. The Bertz CT molecular complexity index is 668. The van der Waals surface area contributed by atoms with Gasteiger partial charge in [0.05, 0.1) is 5.56 Å². The number of nitrogens with zero attached hydrogens (tertiary/aromatic N) is 1. The van der Waals surface area contributed by atoms with Crippen LogP contribution in [-0.4, -0.2) is 18.1 Å². The number of aryl methyl sites for hydroxylation is 2. The zero-order valence-electron chi connectivity index (χ0n) is 11.6. The van der Waals surface area contributed by atoms with Crippen molar-refractivity contribution in [2.45, 2.75) is 13.8 Å². The number of phenolic OH excluding ortho intramolecular Hbond substituents is 1. The van der Waals surface area contributed by atoms with E-state index in [9.17, 15) is 14.3 Å². The molecule has 1 amide bonds. The zero-order chi connectivity index (χ0) is 14.9. The number of anilines is 1. The smallest absolute Gasteiger partial charge is 0.261 e. The molecule has 2 aromatic carbocycles. The van der Waals surface area contributed by atoms with Crippen LogP contribution in [0.15, 0.2) is 36.4 Å². The Morgan fingerprint density at radius 3 is 2.50 bits per heavy atom. The zero-order valence-corrected chi connectivity index (χ0v) is 11.6. The fourth-order valence-corrected chi connectivity index (χ4v) is 2.15. The van der Waals surface area contributed by atoms with Crippen LogP contribution >= 0.6 is 0 Å².